The summed E-state index contributed by atoms with van der Waals surface area (Å²) in [5.41, 5.74) is 1.33. The fourth-order valence-corrected chi connectivity index (χ4v) is 7.60. The fraction of sp³-hybridized carbons (Fsp3) is 0.438. The van der Waals surface area contributed by atoms with Crippen LogP contribution in [-0.2, 0) is 24.5 Å². The van der Waals surface area contributed by atoms with Crippen LogP contribution in [0.4, 0.5) is 0 Å². The van der Waals surface area contributed by atoms with Gasteiger partial charge in [-0.15, -0.1) is 5.92 Å². The number of sulfone groups is 2. The van der Waals surface area contributed by atoms with Crippen molar-refractivity contribution in [1.82, 2.24) is 10.8 Å². The Balaban J connectivity index is 2.43. The van der Waals surface area contributed by atoms with E-state index in [2.05, 4.69) is 17.2 Å². The van der Waals surface area contributed by atoms with Crippen LogP contribution in [0.5, 0.6) is 5.75 Å². The van der Waals surface area contributed by atoms with Crippen LogP contribution >= 0.6 is 0 Å². The lowest BCUT2D eigenvalue weighted by Crippen LogP contribution is -2.55. The number of hydrogen-bond acceptors (Lipinski definition) is 8. The molecule has 1 aromatic rings. The van der Waals surface area contributed by atoms with Gasteiger partial charge < -0.3 is 10.1 Å². The summed E-state index contributed by atoms with van der Waals surface area (Å²) >= 11 is 0. The lowest BCUT2D eigenvalue weighted by Gasteiger charge is -2.23. The van der Waals surface area contributed by atoms with Crippen LogP contribution in [0, 0.1) is 11.8 Å². The molecule has 0 radical (unpaired) electrons. The third kappa shape index (κ3) is 4.78. The molecule has 1 aliphatic heterocycles. The summed E-state index contributed by atoms with van der Waals surface area (Å²) < 4.78 is 54.4. The number of nitrogens with one attached hydrogen (secondary N) is 2. The van der Waals surface area contributed by atoms with E-state index < -0.39 is 42.0 Å². The molecule has 1 heterocycles. The van der Waals surface area contributed by atoms with Crippen LogP contribution in [0.3, 0.4) is 0 Å². The van der Waals surface area contributed by atoms with Gasteiger partial charge in [-0.1, -0.05) is 5.92 Å². The first-order valence-corrected chi connectivity index (χ1v) is 11.3. The lowest BCUT2D eigenvalue weighted by molar-refractivity contribution is -0.131. The van der Waals surface area contributed by atoms with Crippen molar-refractivity contribution in [1.29, 1.82) is 0 Å². The molecule has 0 aliphatic carbocycles. The third-order valence-corrected chi connectivity index (χ3v) is 9.23. The van der Waals surface area contributed by atoms with Crippen molar-refractivity contribution < 1.29 is 31.6 Å². The van der Waals surface area contributed by atoms with Crippen LogP contribution in [0.2, 0.25) is 0 Å². The van der Waals surface area contributed by atoms with Crippen molar-refractivity contribution in [2.24, 2.45) is 0 Å². The molecule has 1 fully saturated rings. The van der Waals surface area contributed by atoms with E-state index in [0.717, 1.165) is 0 Å². The number of rotatable bonds is 5. The molecular formula is C16H20N2O7S2. The molecule has 1 saturated heterocycles. The highest BCUT2D eigenvalue weighted by molar-refractivity contribution is 8.09. The Morgan fingerprint density at radius 2 is 2.04 bits per heavy atom. The molecule has 1 aliphatic rings. The Labute approximate surface area is 157 Å². The second kappa shape index (κ2) is 8.71. The van der Waals surface area contributed by atoms with Gasteiger partial charge in [-0.2, -0.15) is 0 Å². The number of hydroxylamine groups is 1. The molecule has 27 heavy (non-hydrogen) atoms. The molecule has 2 rings (SSSR count). The normalized spacial score (nSPS) is 22.0. The minimum Gasteiger partial charge on any atom is -0.481 e. The average Bonchev–Trinajstić information content (AvgIpc) is 2.79. The summed E-state index contributed by atoms with van der Waals surface area (Å²) in [7, 11) is -8.61. The highest BCUT2D eigenvalue weighted by atomic mass is 32.3. The zero-order valence-corrected chi connectivity index (χ0v) is 16.1. The van der Waals surface area contributed by atoms with E-state index in [-0.39, 0.29) is 24.5 Å². The summed E-state index contributed by atoms with van der Waals surface area (Å²) in [6.07, 6.45) is 0.148. The van der Waals surface area contributed by atoms with Crippen molar-refractivity contribution in [3.05, 3.63) is 24.3 Å². The smallest absolute Gasteiger partial charge is 0.262 e. The molecular weight excluding hydrogens is 396 g/mol. The van der Waals surface area contributed by atoms with Crippen LogP contribution < -0.4 is 15.5 Å². The van der Waals surface area contributed by atoms with E-state index >= 15 is 0 Å². The van der Waals surface area contributed by atoms with Gasteiger partial charge >= 0.3 is 0 Å². The number of amides is 1. The van der Waals surface area contributed by atoms with Crippen LogP contribution in [0.25, 0.3) is 0 Å². The number of benzene rings is 1. The Hall–Kier alpha value is -2.13. The van der Waals surface area contributed by atoms with E-state index in [4.69, 9.17) is 9.94 Å². The highest BCUT2D eigenvalue weighted by Crippen LogP contribution is 2.27. The Morgan fingerprint density at radius 1 is 1.37 bits per heavy atom. The van der Waals surface area contributed by atoms with Crippen molar-refractivity contribution in [3.8, 4) is 17.6 Å². The zero-order valence-electron chi connectivity index (χ0n) is 14.5. The fourth-order valence-electron chi connectivity index (χ4n) is 2.66. The number of ether oxygens (including phenoxy) is 1. The van der Waals surface area contributed by atoms with Crippen molar-refractivity contribution in [2.75, 3.05) is 18.9 Å². The quantitative estimate of drug-likeness (QED) is 0.331. The minimum atomic E-state index is -4.45. The number of hydrogen-bond donors (Lipinski definition) is 3. The van der Waals surface area contributed by atoms with Gasteiger partial charge in [0.05, 0.1) is 10.6 Å². The van der Waals surface area contributed by atoms with Gasteiger partial charge in [-0.05, 0) is 44.2 Å². The third-order valence-electron chi connectivity index (χ3n) is 3.93. The Morgan fingerprint density at radius 3 is 2.63 bits per heavy atom. The lowest BCUT2D eigenvalue weighted by atomic mass is 10.3. The van der Waals surface area contributed by atoms with Crippen molar-refractivity contribution >= 4 is 25.6 Å². The molecule has 3 N–H and O–H groups in total. The van der Waals surface area contributed by atoms with Gasteiger partial charge in [0, 0.05) is 0 Å². The van der Waals surface area contributed by atoms with Gasteiger partial charge in [0.2, 0.25) is 0 Å². The molecule has 0 saturated carbocycles. The maximum Gasteiger partial charge on any atom is 0.262 e. The maximum absolute atomic E-state index is 13.0. The van der Waals surface area contributed by atoms with Crippen molar-refractivity contribution in [3.63, 3.8) is 0 Å². The van der Waals surface area contributed by atoms with E-state index in [0.29, 0.717) is 5.75 Å². The average molecular weight is 416 g/mol. The van der Waals surface area contributed by atoms with E-state index in [1.165, 1.54) is 29.7 Å². The van der Waals surface area contributed by atoms with Crippen molar-refractivity contribution in [2.45, 2.75) is 28.9 Å². The Bertz CT molecular complexity index is 945. The predicted molar refractivity (Wildman–Crippen MR) is 96.5 cm³/mol. The zero-order chi connectivity index (χ0) is 20.1. The van der Waals surface area contributed by atoms with E-state index in [1.807, 2.05) is 0 Å². The second-order valence-corrected chi connectivity index (χ2v) is 10.3. The number of carbonyl (C=O) groups is 1. The first-order valence-electron chi connectivity index (χ1n) is 7.99. The standard InChI is InChI=1S/C16H20N2O7S2/c1-2-3-10-25-12-5-7-13(8-6-12)27(23,24)16-14(15(19)18-20)17-9-4-11-26(16,21)22/h5-8,14,16-17,20H,4,9-11H2,1H3,(H,18,19). The van der Waals surface area contributed by atoms with Gasteiger partial charge in [0.25, 0.3) is 5.91 Å². The summed E-state index contributed by atoms with van der Waals surface area (Å²) in [4.78, 5) is 11.6. The van der Waals surface area contributed by atoms with Crippen LogP contribution in [-0.4, -0.2) is 57.5 Å². The highest BCUT2D eigenvalue weighted by Gasteiger charge is 2.48. The summed E-state index contributed by atoms with van der Waals surface area (Å²) in [5.74, 6) is 4.18. The monoisotopic (exact) mass is 416 g/mol. The van der Waals surface area contributed by atoms with Crippen LogP contribution in [0.15, 0.2) is 29.2 Å². The molecule has 1 aromatic carbocycles. The molecule has 0 spiro atoms. The van der Waals surface area contributed by atoms with Crippen LogP contribution in [0.1, 0.15) is 13.3 Å². The molecule has 2 unspecified atom stereocenters. The summed E-state index contributed by atoms with van der Waals surface area (Å²) in [6, 6.07) is 3.53. The molecule has 0 bridgehead atoms. The molecule has 9 nitrogen and oxygen atoms in total. The molecule has 0 aromatic heterocycles. The maximum atomic E-state index is 13.0. The second-order valence-electron chi connectivity index (χ2n) is 5.73. The summed E-state index contributed by atoms with van der Waals surface area (Å²) in [5, 5.41) is 11.5. The first kappa shape index (κ1) is 21.2. The number of carbonyl (C=O) groups excluding carboxylic acids is 1. The molecule has 148 valence electrons. The van der Waals surface area contributed by atoms with Gasteiger partial charge in [-0.25, -0.2) is 22.3 Å². The van der Waals surface area contributed by atoms with Gasteiger partial charge in [0.1, 0.15) is 18.4 Å². The molecule has 11 heteroatoms. The predicted octanol–water partition coefficient (Wildman–Crippen LogP) is -0.529. The first-order chi connectivity index (χ1) is 12.7. The summed E-state index contributed by atoms with van der Waals surface area (Å²) in [6.45, 7) is 1.90. The van der Waals surface area contributed by atoms with E-state index in [1.54, 1.807) is 6.92 Å². The molecule has 1 amide bonds. The van der Waals surface area contributed by atoms with E-state index in [9.17, 15) is 21.6 Å². The van der Waals surface area contributed by atoms with Gasteiger partial charge in [-0.3, -0.25) is 10.0 Å². The minimum absolute atomic E-state index is 0.120. The molecule has 2 atom stereocenters. The Kier molecular flexibility index (Phi) is 6.83. The topological polar surface area (TPSA) is 139 Å². The largest absolute Gasteiger partial charge is 0.481 e. The van der Waals surface area contributed by atoms with Gasteiger partial charge in [0.15, 0.2) is 24.3 Å². The SMILES string of the molecule is CC#CCOc1ccc(S(=O)(=O)C2C(C(=O)NO)NCCCS2(=O)=O)cc1.